The minimum atomic E-state index is -0.0456. The second-order valence-electron chi connectivity index (χ2n) is 24.7. The third kappa shape index (κ3) is 24.2. The van der Waals surface area contributed by atoms with Gasteiger partial charge < -0.3 is 0 Å². The quantitative estimate of drug-likeness (QED) is 0.0340. The molecule has 0 nitrogen and oxygen atoms in total. The van der Waals surface area contributed by atoms with Crippen LogP contribution in [0.15, 0.2) is 489 Å². The van der Waals surface area contributed by atoms with Gasteiger partial charge in [0.2, 0.25) is 0 Å². The van der Waals surface area contributed by atoms with E-state index in [0.29, 0.717) is 5.25 Å². The molecule has 0 saturated heterocycles. The molecule has 13 aromatic carbocycles. The van der Waals surface area contributed by atoms with Gasteiger partial charge in [-0.2, -0.15) is 0 Å². The van der Waals surface area contributed by atoms with E-state index in [4.69, 9.17) is 0 Å². The van der Waals surface area contributed by atoms with Gasteiger partial charge in [-0.1, -0.05) is 280 Å². The molecule has 5 heteroatoms. The minimum Gasteiger partial charge on any atom is -0.103 e. The van der Waals surface area contributed by atoms with Crippen LogP contribution in [-0.4, -0.2) is 5.25 Å². The third-order valence-electron chi connectivity index (χ3n) is 16.8. The second kappa shape index (κ2) is 43.4. The molecule has 104 heavy (non-hydrogen) atoms. The van der Waals surface area contributed by atoms with Crippen molar-refractivity contribution in [1.82, 2.24) is 0 Å². The SMILES string of the molecule is C=C/C(C)=C\C=C\[S+](c1ccc(C)cc1)c1ccc(C)cc1.C=CCC(C=C)[S+](c1ccccc1)c1ccc(CCC)cc1.CCc1ccc([S+](c2ccccc2)c2ccccc2)cc1.Cc1ccc([S+](c2ccccc2)c2ccccc2)cc1.c1ccc([S+](c2ccccc2)c2ccccc2)cc1. The fraction of sp³-hybridized carbons (Fsp3) is 0.111. The van der Waals surface area contributed by atoms with Crippen LogP contribution in [0.25, 0.3) is 0 Å². The predicted octanol–water partition coefficient (Wildman–Crippen LogP) is 27.0. The average Bonchev–Trinajstić information content (AvgIpc) is 0.859. The molecule has 0 bridgehead atoms. The number of benzene rings is 13. The van der Waals surface area contributed by atoms with Crippen LogP contribution < -0.4 is 0 Å². The highest BCUT2D eigenvalue weighted by molar-refractivity contribution is 8.00. The van der Waals surface area contributed by atoms with Crippen LogP contribution in [0.3, 0.4) is 0 Å². The molecular weight excluding hydrogens is 1350 g/mol. The molecule has 0 radical (unpaired) electrons. The molecule has 0 aliphatic heterocycles. The molecule has 0 aromatic heterocycles. The molecule has 0 heterocycles. The molecule has 0 saturated carbocycles. The first-order valence-electron chi connectivity index (χ1n) is 35.8. The van der Waals surface area contributed by atoms with Crippen molar-refractivity contribution in [1.29, 1.82) is 0 Å². The number of hydrogen-bond donors (Lipinski definition) is 0. The fourth-order valence-corrected chi connectivity index (χ4v) is 21.6. The van der Waals surface area contributed by atoms with E-state index in [1.165, 1.54) is 103 Å². The van der Waals surface area contributed by atoms with Gasteiger partial charge in [-0.05, 0) is 222 Å². The molecule has 2 atom stereocenters. The Bertz CT molecular complexity index is 4390. The Labute approximate surface area is 638 Å². The van der Waals surface area contributed by atoms with Gasteiger partial charge in [0.05, 0.1) is 54.5 Å². The van der Waals surface area contributed by atoms with Gasteiger partial charge in [0.15, 0.2) is 63.6 Å². The summed E-state index contributed by atoms with van der Waals surface area (Å²) in [4.78, 5) is 17.7. The van der Waals surface area contributed by atoms with Gasteiger partial charge in [0.1, 0.15) is 10.7 Å². The summed E-state index contributed by atoms with van der Waals surface area (Å²) < 4.78 is 0. The number of allylic oxidation sites excluding steroid dienone is 5. The van der Waals surface area contributed by atoms with Gasteiger partial charge >= 0.3 is 0 Å². The van der Waals surface area contributed by atoms with Crippen molar-refractivity contribution in [2.24, 2.45) is 0 Å². The summed E-state index contributed by atoms with van der Waals surface area (Å²) in [6.45, 7) is 24.6. The summed E-state index contributed by atoms with van der Waals surface area (Å²) >= 11 is 0. The highest BCUT2D eigenvalue weighted by Crippen LogP contribution is 2.35. The average molecular weight is 1450 g/mol. The van der Waals surface area contributed by atoms with Gasteiger partial charge in [0.25, 0.3) is 0 Å². The van der Waals surface area contributed by atoms with E-state index in [-0.39, 0.29) is 54.5 Å². The number of hydrogen-bond acceptors (Lipinski definition) is 0. The smallest absolute Gasteiger partial charge is 0.103 e. The number of aryl methyl sites for hydroxylation is 5. The fourth-order valence-electron chi connectivity index (χ4n) is 11.3. The van der Waals surface area contributed by atoms with Gasteiger partial charge in [-0.3, -0.25) is 0 Å². The van der Waals surface area contributed by atoms with Crippen molar-refractivity contribution in [3.63, 3.8) is 0 Å². The van der Waals surface area contributed by atoms with E-state index < -0.39 is 0 Å². The molecule has 0 amide bonds. The maximum atomic E-state index is 4.06. The third-order valence-corrected chi connectivity index (χ3v) is 28.0. The maximum absolute atomic E-state index is 4.06. The Kier molecular flexibility index (Phi) is 32.8. The Morgan fingerprint density at radius 3 is 0.856 bits per heavy atom. The zero-order valence-corrected chi connectivity index (χ0v) is 65.3. The zero-order chi connectivity index (χ0) is 72.9. The summed E-state index contributed by atoms with van der Waals surface area (Å²) in [5, 5.41) is 2.68. The Morgan fingerprint density at radius 1 is 0.317 bits per heavy atom. The van der Waals surface area contributed by atoms with Crippen LogP contribution in [0.5, 0.6) is 0 Å². The van der Waals surface area contributed by atoms with E-state index >= 15 is 0 Å². The standard InChI is InChI=1S/C21H23S.C21H25S.C20H19S.C19H17S.C18H15S/c1-5-17(2)7-6-16-22(20-12-8-18(3)9-13-20)21-14-10-19(4)11-15-21;1-4-10-18-14-16-21(17-15-18)22(19(6-3)11-5-2)20-12-8-7-9-13-20;1-2-17-13-15-20(16-14-17)21(18-9-5-3-6-10-18)19-11-7-4-8-12-19;1-16-12-14-19(15-13-16)20(17-8-4-2-5-9-17)18-10-6-3-7-11-18;1-4-10-16(11-5-1)19(17-12-6-2-7-13-17)18-14-8-3-9-15-18/h5-16H,1H2,2-4H3;5-9,12-17,19H,2-4,10-11H2,1H3;3-16H,2H2,1H3;2-15H,1H3;1-15H/q5*+1/b16-6+,17-7-;;;;. The second-order valence-corrected chi connectivity index (χ2v) is 34.9. The lowest BCUT2D eigenvalue weighted by Gasteiger charge is -2.15. The molecule has 0 aliphatic carbocycles. The summed E-state index contributed by atoms with van der Waals surface area (Å²) in [7, 11) is -0.0985. The monoisotopic (exact) mass is 1450 g/mol. The lowest BCUT2D eigenvalue weighted by molar-refractivity contribution is 0.919. The molecular formula is C99H99S5+5. The molecule has 13 aromatic rings. The van der Waals surface area contributed by atoms with E-state index in [0.717, 1.165) is 19.3 Å². The highest BCUT2D eigenvalue weighted by Gasteiger charge is 2.34. The Morgan fingerprint density at radius 2 is 0.577 bits per heavy atom. The first kappa shape index (κ1) is 78.4. The van der Waals surface area contributed by atoms with Crippen molar-refractivity contribution in [2.45, 2.75) is 136 Å². The van der Waals surface area contributed by atoms with E-state index in [9.17, 15) is 0 Å². The summed E-state index contributed by atoms with van der Waals surface area (Å²) in [6, 6.07) is 131. The van der Waals surface area contributed by atoms with Crippen molar-refractivity contribution in [3.05, 3.63) is 453 Å². The summed E-state index contributed by atoms with van der Waals surface area (Å²) in [6.07, 6.45) is 14.6. The Hall–Kier alpha value is -9.69. The lowest BCUT2D eigenvalue weighted by Crippen LogP contribution is -2.19. The molecule has 520 valence electrons. The first-order chi connectivity index (χ1) is 51.1. The van der Waals surface area contributed by atoms with Crippen LogP contribution >= 0.6 is 0 Å². The molecule has 0 aliphatic rings. The predicted molar refractivity (Wildman–Crippen MR) is 458 cm³/mol. The zero-order valence-electron chi connectivity index (χ0n) is 61.2. The normalized spacial score (nSPS) is 11.5. The number of rotatable bonds is 23. The van der Waals surface area contributed by atoms with Crippen molar-refractivity contribution < 1.29 is 0 Å². The maximum Gasteiger partial charge on any atom is 0.166 e. The molecule has 0 fully saturated rings. The van der Waals surface area contributed by atoms with Crippen LogP contribution in [0.2, 0.25) is 0 Å². The van der Waals surface area contributed by atoms with Crippen LogP contribution in [0.1, 0.15) is 61.4 Å². The van der Waals surface area contributed by atoms with Crippen molar-refractivity contribution >= 4 is 54.5 Å². The molecule has 0 N–H and O–H groups in total. The largest absolute Gasteiger partial charge is 0.166 e. The van der Waals surface area contributed by atoms with E-state index in [1.54, 1.807) is 0 Å². The van der Waals surface area contributed by atoms with Gasteiger partial charge in [0, 0.05) is 6.42 Å². The van der Waals surface area contributed by atoms with Crippen molar-refractivity contribution in [2.75, 3.05) is 0 Å². The van der Waals surface area contributed by atoms with Crippen LogP contribution in [0, 0.1) is 20.8 Å². The highest BCUT2D eigenvalue weighted by atomic mass is 32.2. The minimum absolute atomic E-state index is 0.00955. The van der Waals surface area contributed by atoms with Crippen LogP contribution in [0.4, 0.5) is 0 Å². The molecule has 0 spiro atoms. The molecule has 13 rings (SSSR count). The molecule has 2 unspecified atom stereocenters. The van der Waals surface area contributed by atoms with Gasteiger partial charge in [-0.15, -0.1) is 6.58 Å². The van der Waals surface area contributed by atoms with E-state index in [2.05, 4.69) is 449 Å². The first-order valence-corrected chi connectivity index (χ1v) is 42.0. The van der Waals surface area contributed by atoms with Crippen LogP contribution in [-0.2, 0) is 67.3 Å². The van der Waals surface area contributed by atoms with Gasteiger partial charge in [-0.25, -0.2) is 0 Å². The van der Waals surface area contributed by atoms with E-state index in [1.807, 2.05) is 12.2 Å². The lowest BCUT2D eigenvalue weighted by atomic mass is 10.1. The van der Waals surface area contributed by atoms with Crippen molar-refractivity contribution in [3.8, 4) is 0 Å². The topological polar surface area (TPSA) is 0 Å². The summed E-state index contributed by atoms with van der Waals surface area (Å²) in [5.41, 5.74) is 7.88. The Balaban J connectivity index is 0.000000151. The summed E-state index contributed by atoms with van der Waals surface area (Å²) in [5.74, 6) is 0.